The van der Waals surface area contributed by atoms with Gasteiger partial charge in [-0.3, -0.25) is 0 Å². The summed E-state index contributed by atoms with van der Waals surface area (Å²) in [4.78, 5) is 8.20. The largest absolute Gasteiger partial charge is 0.354 e. The van der Waals surface area contributed by atoms with Crippen LogP contribution in [0.1, 0.15) is 6.92 Å². The van der Waals surface area contributed by atoms with Gasteiger partial charge < -0.3 is 10.6 Å². The van der Waals surface area contributed by atoms with E-state index in [9.17, 15) is 8.78 Å². The number of hydrogen-bond donors (Lipinski definition) is 2. The molecule has 1 aromatic heterocycles. The summed E-state index contributed by atoms with van der Waals surface area (Å²) in [7, 11) is 0. The first-order valence-electron chi connectivity index (χ1n) is 5.69. The highest BCUT2D eigenvalue weighted by atomic mass is 79.9. The molecule has 2 N–H and O–H groups in total. The van der Waals surface area contributed by atoms with Crippen LogP contribution in [0.4, 0.5) is 26.2 Å². The third-order valence-corrected chi connectivity index (χ3v) is 3.21. The highest BCUT2D eigenvalue weighted by Gasteiger charge is 2.13. The van der Waals surface area contributed by atoms with Crippen LogP contribution in [0.3, 0.4) is 0 Å². The van der Waals surface area contributed by atoms with Gasteiger partial charge in [0.15, 0.2) is 11.6 Å². The number of nitrogens with one attached hydrogen (secondary N) is 2. The second-order valence-corrected chi connectivity index (χ2v) is 5.05. The zero-order valence-electron chi connectivity index (χ0n) is 10.3. The molecule has 0 amide bonds. The Labute approximate surface area is 127 Å². The van der Waals surface area contributed by atoms with E-state index in [1.165, 1.54) is 6.20 Å². The van der Waals surface area contributed by atoms with Crippen LogP contribution in [-0.2, 0) is 0 Å². The van der Waals surface area contributed by atoms with Gasteiger partial charge in [0, 0.05) is 18.8 Å². The molecule has 0 spiro atoms. The van der Waals surface area contributed by atoms with Crippen LogP contribution < -0.4 is 10.6 Å². The van der Waals surface area contributed by atoms with Crippen LogP contribution in [0.5, 0.6) is 0 Å². The lowest BCUT2D eigenvalue weighted by atomic mass is 10.3. The molecule has 0 aliphatic heterocycles. The average molecular weight is 364 g/mol. The van der Waals surface area contributed by atoms with E-state index >= 15 is 0 Å². The molecule has 106 valence electrons. The van der Waals surface area contributed by atoms with Crippen LogP contribution >= 0.6 is 27.5 Å². The van der Waals surface area contributed by atoms with E-state index < -0.39 is 11.6 Å². The summed E-state index contributed by atoms with van der Waals surface area (Å²) in [5.74, 6) is -0.834. The summed E-state index contributed by atoms with van der Waals surface area (Å²) < 4.78 is 27.2. The maximum atomic E-state index is 13.7. The van der Waals surface area contributed by atoms with Crippen molar-refractivity contribution in [1.82, 2.24) is 9.97 Å². The van der Waals surface area contributed by atoms with Gasteiger partial charge in [0.05, 0.1) is 15.2 Å². The predicted octanol–water partition coefficient (Wildman–Crippen LogP) is 4.35. The van der Waals surface area contributed by atoms with E-state index in [0.717, 1.165) is 12.1 Å². The maximum Gasteiger partial charge on any atom is 0.224 e. The normalized spacial score (nSPS) is 10.4. The van der Waals surface area contributed by atoms with E-state index in [0.29, 0.717) is 22.8 Å². The van der Waals surface area contributed by atoms with Gasteiger partial charge in [0.1, 0.15) is 5.82 Å². The quantitative estimate of drug-likeness (QED) is 0.848. The molecule has 0 radical (unpaired) electrons. The third kappa shape index (κ3) is 3.34. The summed E-state index contributed by atoms with van der Waals surface area (Å²) in [5, 5.41) is 5.58. The smallest absolute Gasteiger partial charge is 0.224 e. The molecule has 0 fully saturated rings. The zero-order valence-corrected chi connectivity index (χ0v) is 12.7. The third-order valence-electron chi connectivity index (χ3n) is 2.33. The first-order chi connectivity index (χ1) is 9.51. The Hall–Kier alpha value is -1.47. The molecule has 4 nitrogen and oxygen atoms in total. The van der Waals surface area contributed by atoms with Crippen molar-refractivity contribution in [3.63, 3.8) is 0 Å². The van der Waals surface area contributed by atoms with Crippen molar-refractivity contribution in [3.05, 3.63) is 39.5 Å². The first kappa shape index (κ1) is 14.9. The lowest BCUT2D eigenvalue weighted by Gasteiger charge is -2.11. The minimum atomic E-state index is -0.800. The molecular weight excluding hydrogens is 354 g/mol. The van der Waals surface area contributed by atoms with Crippen molar-refractivity contribution >= 4 is 45.0 Å². The predicted molar refractivity (Wildman–Crippen MR) is 78.5 cm³/mol. The minimum absolute atomic E-state index is 0.0464. The number of halogens is 4. The number of hydrogen-bond acceptors (Lipinski definition) is 4. The number of nitrogens with zero attached hydrogens (tertiary/aromatic N) is 2. The fourth-order valence-electron chi connectivity index (χ4n) is 1.48. The molecule has 0 bridgehead atoms. The summed E-state index contributed by atoms with van der Waals surface area (Å²) in [5.41, 5.74) is -0.0464. The molecule has 0 saturated heterocycles. The molecule has 1 heterocycles. The van der Waals surface area contributed by atoms with Gasteiger partial charge >= 0.3 is 0 Å². The van der Waals surface area contributed by atoms with Crippen LogP contribution in [-0.4, -0.2) is 16.5 Å². The van der Waals surface area contributed by atoms with Crippen molar-refractivity contribution in [2.24, 2.45) is 0 Å². The molecule has 0 aliphatic carbocycles. The molecule has 0 unspecified atom stereocenters. The van der Waals surface area contributed by atoms with Gasteiger partial charge in [-0.05, 0) is 28.9 Å². The van der Waals surface area contributed by atoms with Gasteiger partial charge in [-0.25, -0.2) is 13.8 Å². The molecular formula is C12H10BrClF2N4. The topological polar surface area (TPSA) is 49.8 Å². The molecule has 1 aromatic carbocycles. The second-order valence-electron chi connectivity index (χ2n) is 3.79. The van der Waals surface area contributed by atoms with Crippen molar-refractivity contribution in [3.8, 4) is 0 Å². The standard InChI is InChI=1S/C12H10BrClF2N4/c1-2-17-12-18-5-7(13)11(20-12)19-10-8(14)3-6(15)4-9(10)16/h3-5H,2H2,1H3,(H2,17,18,19,20). The number of anilines is 3. The fourth-order valence-corrected chi connectivity index (χ4v) is 2.01. The fraction of sp³-hybridized carbons (Fsp3) is 0.167. The average Bonchev–Trinajstić information content (AvgIpc) is 2.37. The SMILES string of the molecule is CCNc1ncc(Br)c(Nc2c(F)cc(F)cc2Cl)n1. The highest BCUT2D eigenvalue weighted by Crippen LogP contribution is 2.31. The molecule has 20 heavy (non-hydrogen) atoms. The molecule has 0 atom stereocenters. The van der Waals surface area contributed by atoms with Gasteiger partial charge in [-0.1, -0.05) is 11.6 Å². The summed E-state index contributed by atoms with van der Waals surface area (Å²) in [6.07, 6.45) is 1.52. The summed E-state index contributed by atoms with van der Waals surface area (Å²) >= 11 is 9.07. The Bertz CT molecular complexity index is 616. The Kier molecular flexibility index (Phi) is 4.72. The zero-order chi connectivity index (χ0) is 14.7. The molecule has 2 rings (SSSR count). The monoisotopic (exact) mass is 362 g/mol. The number of benzene rings is 1. The van der Waals surface area contributed by atoms with Crippen LogP contribution in [0.25, 0.3) is 0 Å². The highest BCUT2D eigenvalue weighted by molar-refractivity contribution is 9.10. The minimum Gasteiger partial charge on any atom is -0.354 e. The van der Waals surface area contributed by atoms with Gasteiger partial charge in [0.2, 0.25) is 5.95 Å². The van der Waals surface area contributed by atoms with E-state index in [1.807, 2.05) is 6.92 Å². The Morgan fingerprint density at radius 2 is 2.10 bits per heavy atom. The summed E-state index contributed by atoms with van der Waals surface area (Å²) in [6.45, 7) is 2.54. The number of rotatable bonds is 4. The molecule has 8 heteroatoms. The van der Waals surface area contributed by atoms with Crippen molar-refractivity contribution in [1.29, 1.82) is 0 Å². The lowest BCUT2D eigenvalue weighted by molar-refractivity contribution is 0.586. The Morgan fingerprint density at radius 3 is 2.75 bits per heavy atom. The molecule has 2 aromatic rings. The van der Waals surface area contributed by atoms with Gasteiger partial charge in [-0.2, -0.15) is 4.98 Å². The van der Waals surface area contributed by atoms with Crippen LogP contribution in [0.2, 0.25) is 5.02 Å². The number of aromatic nitrogens is 2. The van der Waals surface area contributed by atoms with Crippen molar-refractivity contribution in [2.45, 2.75) is 6.92 Å². The van der Waals surface area contributed by atoms with Crippen LogP contribution in [0, 0.1) is 11.6 Å². The summed E-state index contributed by atoms with van der Waals surface area (Å²) in [6, 6.07) is 1.77. The van der Waals surface area contributed by atoms with Crippen LogP contribution in [0.15, 0.2) is 22.8 Å². The Morgan fingerprint density at radius 1 is 1.35 bits per heavy atom. The Balaban J connectivity index is 2.37. The molecule has 0 saturated carbocycles. The molecule has 0 aliphatic rings. The van der Waals surface area contributed by atoms with Crippen molar-refractivity contribution in [2.75, 3.05) is 17.2 Å². The van der Waals surface area contributed by atoms with Gasteiger partial charge in [-0.15, -0.1) is 0 Å². The van der Waals surface area contributed by atoms with Crippen molar-refractivity contribution < 1.29 is 8.78 Å². The maximum absolute atomic E-state index is 13.7. The second kappa shape index (κ2) is 6.32. The van der Waals surface area contributed by atoms with E-state index in [-0.39, 0.29) is 10.7 Å². The van der Waals surface area contributed by atoms with E-state index in [2.05, 4.69) is 36.5 Å². The van der Waals surface area contributed by atoms with E-state index in [1.54, 1.807) is 0 Å². The lowest BCUT2D eigenvalue weighted by Crippen LogP contribution is -2.05. The van der Waals surface area contributed by atoms with Gasteiger partial charge in [0.25, 0.3) is 0 Å². The van der Waals surface area contributed by atoms with E-state index in [4.69, 9.17) is 11.6 Å². The first-order valence-corrected chi connectivity index (χ1v) is 6.86.